The second-order valence-electron chi connectivity index (χ2n) is 11.3. The summed E-state index contributed by atoms with van der Waals surface area (Å²) in [6.45, 7) is 0.741. The van der Waals surface area contributed by atoms with Crippen LogP contribution in [0.3, 0.4) is 0 Å². The average molecular weight is 580 g/mol. The number of hydrogen-bond donors (Lipinski definition) is 2. The summed E-state index contributed by atoms with van der Waals surface area (Å²) in [6, 6.07) is 17.6. The van der Waals surface area contributed by atoms with E-state index >= 15 is 4.39 Å². The number of anilines is 1. The number of rotatable bonds is 5. The molecule has 1 saturated carbocycles. The van der Waals surface area contributed by atoms with Gasteiger partial charge < -0.3 is 15.4 Å². The predicted octanol–water partition coefficient (Wildman–Crippen LogP) is 6.05. The summed E-state index contributed by atoms with van der Waals surface area (Å²) in [6.07, 6.45) is 2.95. The van der Waals surface area contributed by atoms with Gasteiger partial charge in [0.2, 0.25) is 5.91 Å². The molecule has 0 aromatic heterocycles. The van der Waals surface area contributed by atoms with Gasteiger partial charge in [-0.2, -0.15) is 0 Å². The molecule has 3 aliphatic heterocycles. The number of hydrogen-bond acceptors (Lipinski definition) is 5. The van der Waals surface area contributed by atoms with Crippen LogP contribution in [0.4, 0.5) is 10.1 Å². The molecule has 3 fully saturated rings. The lowest BCUT2D eigenvalue weighted by molar-refractivity contribution is -0.128. The van der Waals surface area contributed by atoms with Gasteiger partial charge >= 0.3 is 5.97 Å². The highest BCUT2D eigenvalue weighted by atomic mass is 35.5. The van der Waals surface area contributed by atoms with Crippen molar-refractivity contribution in [2.45, 2.75) is 48.8 Å². The number of fused-ring (bicyclic) bond motifs is 3. The SMILES string of the molecule is COC(=O)c1ccc([C@H]2C[C@H]3[C@@H](N2)[C@H](c2cccc(Cl)c2F)[C@]2(C(=O)Nc4cc(Cl)ccc42)N3CC2CC2)cc1. The van der Waals surface area contributed by atoms with Gasteiger partial charge in [0.25, 0.3) is 0 Å². The van der Waals surface area contributed by atoms with E-state index in [0.29, 0.717) is 27.8 Å². The first-order chi connectivity index (χ1) is 19.3. The first-order valence-electron chi connectivity index (χ1n) is 13.6. The maximum absolute atomic E-state index is 15.9. The lowest BCUT2D eigenvalue weighted by atomic mass is 9.73. The number of likely N-dealkylation sites (tertiary alicyclic amines) is 1. The van der Waals surface area contributed by atoms with Crippen molar-refractivity contribution in [1.29, 1.82) is 0 Å². The summed E-state index contributed by atoms with van der Waals surface area (Å²) in [5, 5.41) is 7.45. The van der Waals surface area contributed by atoms with Crippen LogP contribution in [-0.4, -0.2) is 42.5 Å². The fourth-order valence-corrected chi connectivity index (χ4v) is 7.62. The van der Waals surface area contributed by atoms with Gasteiger partial charge in [-0.25, -0.2) is 9.18 Å². The lowest BCUT2D eigenvalue weighted by Gasteiger charge is -2.41. The molecule has 1 spiro atoms. The summed E-state index contributed by atoms with van der Waals surface area (Å²) in [4.78, 5) is 28.6. The van der Waals surface area contributed by atoms with Crippen LogP contribution in [0.15, 0.2) is 60.7 Å². The Morgan fingerprint density at radius 3 is 2.62 bits per heavy atom. The highest BCUT2D eigenvalue weighted by Gasteiger charge is 2.69. The summed E-state index contributed by atoms with van der Waals surface area (Å²) in [7, 11) is 1.36. The molecular weight excluding hydrogens is 552 g/mol. The number of carbonyl (C=O) groups is 2. The number of nitrogens with zero attached hydrogens (tertiary/aromatic N) is 1. The van der Waals surface area contributed by atoms with Crippen molar-refractivity contribution in [3.05, 3.63) is 98.8 Å². The maximum Gasteiger partial charge on any atom is 0.337 e. The number of methoxy groups -OCH3 is 1. The topological polar surface area (TPSA) is 70.7 Å². The van der Waals surface area contributed by atoms with Crippen molar-refractivity contribution < 1.29 is 18.7 Å². The molecule has 40 heavy (non-hydrogen) atoms. The van der Waals surface area contributed by atoms with E-state index in [2.05, 4.69) is 15.5 Å². The Labute approximate surface area is 241 Å². The van der Waals surface area contributed by atoms with Crippen LogP contribution in [0.25, 0.3) is 0 Å². The lowest BCUT2D eigenvalue weighted by Crippen LogP contribution is -2.53. The zero-order valence-corrected chi connectivity index (χ0v) is 23.3. The smallest absolute Gasteiger partial charge is 0.337 e. The van der Waals surface area contributed by atoms with E-state index in [-0.39, 0.29) is 35.0 Å². The largest absolute Gasteiger partial charge is 0.465 e. The molecule has 3 heterocycles. The van der Waals surface area contributed by atoms with Crippen LogP contribution in [0.1, 0.15) is 58.3 Å². The van der Waals surface area contributed by atoms with E-state index < -0.39 is 17.3 Å². The number of nitrogens with one attached hydrogen (secondary N) is 2. The summed E-state index contributed by atoms with van der Waals surface area (Å²) >= 11 is 12.7. The van der Waals surface area contributed by atoms with Gasteiger partial charge in [0, 0.05) is 46.9 Å². The van der Waals surface area contributed by atoms with Crippen LogP contribution >= 0.6 is 23.2 Å². The highest BCUT2D eigenvalue weighted by molar-refractivity contribution is 6.31. The van der Waals surface area contributed by atoms with Gasteiger partial charge in [0.1, 0.15) is 11.4 Å². The molecule has 0 unspecified atom stereocenters. The third-order valence-corrected chi connectivity index (χ3v) is 9.66. The van der Waals surface area contributed by atoms with E-state index in [4.69, 9.17) is 27.9 Å². The molecule has 6 nitrogen and oxygen atoms in total. The third-order valence-electron chi connectivity index (χ3n) is 9.14. The van der Waals surface area contributed by atoms with Crippen LogP contribution in [0, 0.1) is 11.7 Å². The van der Waals surface area contributed by atoms with Crippen LogP contribution in [0.5, 0.6) is 0 Å². The number of esters is 1. The Morgan fingerprint density at radius 2 is 1.90 bits per heavy atom. The average Bonchev–Trinajstić information content (AvgIpc) is 3.52. The van der Waals surface area contributed by atoms with Gasteiger partial charge in [-0.3, -0.25) is 9.69 Å². The summed E-state index contributed by atoms with van der Waals surface area (Å²) in [5.74, 6) is -1.10. The first-order valence-corrected chi connectivity index (χ1v) is 14.3. The standard InChI is InChI=1S/C31H28Cl2FN3O3/c1-40-29(38)18-9-7-17(8-10-18)23-14-25-28(35-23)26(20-3-2-4-22(33)27(20)34)31(37(25)15-16-5-6-16)21-12-11-19(32)13-24(21)36-30(31)39/h2-4,7-13,16,23,25-26,28,35H,5-6,14-15H2,1H3,(H,36,39)/t23-,25+,26+,28-,31-/m1/s1. The van der Waals surface area contributed by atoms with Gasteiger partial charge in [-0.1, -0.05) is 53.5 Å². The zero-order chi connectivity index (χ0) is 27.8. The second-order valence-corrected chi connectivity index (χ2v) is 12.1. The molecule has 206 valence electrons. The van der Waals surface area contributed by atoms with Crippen molar-refractivity contribution in [3.63, 3.8) is 0 Å². The molecular formula is C31H28Cl2FN3O3. The van der Waals surface area contributed by atoms with Crippen molar-refractivity contribution in [2.24, 2.45) is 5.92 Å². The minimum Gasteiger partial charge on any atom is -0.465 e. The van der Waals surface area contributed by atoms with Gasteiger partial charge in [0.15, 0.2) is 0 Å². The van der Waals surface area contributed by atoms with E-state index in [1.165, 1.54) is 13.2 Å². The van der Waals surface area contributed by atoms with Crippen molar-refractivity contribution in [1.82, 2.24) is 10.2 Å². The van der Waals surface area contributed by atoms with Crippen LogP contribution in [-0.2, 0) is 15.1 Å². The molecule has 2 N–H and O–H groups in total. The predicted molar refractivity (Wildman–Crippen MR) is 151 cm³/mol. The fraction of sp³-hybridized carbons (Fsp3) is 0.355. The summed E-state index contributed by atoms with van der Waals surface area (Å²) < 4.78 is 20.8. The van der Waals surface area contributed by atoms with Crippen molar-refractivity contribution in [2.75, 3.05) is 19.0 Å². The van der Waals surface area contributed by atoms with Gasteiger partial charge in [0.05, 0.1) is 17.7 Å². The molecule has 2 saturated heterocycles. The van der Waals surface area contributed by atoms with Gasteiger partial charge in [-0.15, -0.1) is 0 Å². The molecule has 7 rings (SSSR count). The second kappa shape index (κ2) is 9.55. The molecule has 3 aromatic rings. The fourth-order valence-electron chi connectivity index (χ4n) is 7.26. The normalized spacial score (nSPS) is 28.9. The van der Waals surface area contributed by atoms with E-state index in [1.54, 1.807) is 36.4 Å². The first kappa shape index (κ1) is 26.0. The Bertz CT molecular complexity index is 1530. The molecule has 5 atom stereocenters. The molecule has 1 amide bonds. The number of halogens is 3. The number of benzene rings is 3. The van der Waals surface area contributed by atoms with Crippen molar-refractivity contribution in [3.8, 4) is 0 Å². The number of ether oxygens (including phenoxy) is 1. The maximum atomic E-state index is 15.9. The minimum absolute atomic E-state index is 0.0347. The van der Waals surface area contributed by atoms with Gasteiger partial charge in [-0.05, 0) is 66.6 Å². The molecule has 9 heteroatoms. The Morgan fingerprint density at radius 1 is 1.12 bits per heavy atom. The van der Waals surface area contributed by atoms with E-state index in [0.717, 1.165) is 36.9 Å². The third kappa shape index (κ3) is 3.82. The molecule has 4 aliphatic rings. The van der Waals surface area contributed by atoms with E-state index in [9.17, 15) is 9.59 Å². The number of amides is 1. The monoisotopic (exact) mass is 579 g/mol. The molecule has 0 radical (unpaired) electrons. The minimum atomic E-state index is -1.12. The molecule has 3 aromatic carbocycles. The molecule has 1 aliphatic carbocycles. The zero-order valence-electron chi connectivity index (χ0n) is 21.8. The Hall–Kier alpha value is -2.97. The van der Waals surface area contributed by atoms with E-state index in [1.807, 2.05) is 18.2 Å². The van der Waals surface area contributed by atoms with Crippen LogP contribution in [0.2, 0.25) is 10.0 Å². The Kier molecular flexibility index (Phi) is 6.20. The molecule has 0 bridgehead atoms. The number of carbonyl (C=O) groups excluding carboxylic acids is 2. The van der Waals surface area contributed by atoms with Crippen LogP contribution < -0.4 is 10.6 Å². The quantitative estimate of drug-likeness (QED) is 0.360. The highest BCUT2D eigenvalue weighted by Crippen LogP contribution is 2.61. The summed E-state index contributed by atoms with van der Waals surface area (Å²) in [5.41, 5.74) is 2.30. The Balaban J connectivity index is 1.37. The van der Waals surface area contributed by atoms with Crippen molar-refractivity contribution >= 4 is 40.8 Å².